The standard InChI is InChI=1S/C25H24N2O5S/c1-5-32-24(29)21-15(2)26-25-27(22(21)18-8-6-7-9-19(18)31-4)23(28)20(33-25)14-16-10-12-17(30-3)13-11-16/h6-14,22H,5H2,1-4H3/b20-14+/t22-/m0/s1. The van der Waals surface area contributed by atoms with E-state index >= 15 is 0 Å². The summed E-state index contributed by atoms with van der Waals surface area (Å²) in [5.74, 6) is 0.808. The molecule has 4 rings (SSSR count). The van der Waals surface area contributed by atoms with Crippen LogP contribution in [0.2, 0.25) is 0 Å². The summed E-state index contributed by atoms with van der Waals surface area (Å²) in [6.07, 6.45) is 1.81. The second kappa shape index (κ2) is 9.46. The van der Waals surface area contributed by atoms with Gasteiger partial charge in [-0.2, -0.15) is 0 Å². The molecule has 170 valence electrons. The highest BCUT2D eigenvalue weighted by Gasteiger charge is 2.34. The Labute approximate surface area is 194 Å². The normalized spacial score (nSPS) is 15.6. The summed E-state index contributed by atoms with van der Waals surface area (Å²) in [6.45, 7) is 3.72. The van der Waals surface area contributed by atoms with Gasteiger partial charge in [0.2, 0.25) is 0 Å². The van der Waals surface area contributed by atoms with Gasteiger partial charge in [-0.25, -0.2) is 9.79 Å². The van der Waals surface area contributed by atoms with Crippen LogP contribution in [0.25, 0.3) is 6.08 Å². The molecular formula is C25H24N2O5S. The van der Waals surface area contributed by atoms with Gasteiger partial charge in [0.25, 0.3) is 5.56 Å². The predicted molar refractivity (Wildman–Crippen MR) is 126 cm³/mol. The van der Waals surface area contributed by atoms with Crippen LogP contribution >= 0.6 is 11.3 Å². The molecule has 1 atom stereocenters. The van der Waals surface area contributed by atoms with Crippen molar-refractivity contribution in [2.75, 3.05) is 20.8 Å². The molecule has 0 saturated heterocycles. The van der Waals surface area contributed by atoms with Gasteiger partial charge in [0.05, 0.1) is 36.6 Å². The summed E-state index contributed by atoms with van der Waals surface area (Å²) < 4.78 is 18.2. The van der Waals surface area contributed by atoms with Gasteiger partial charge in [0, 0.05) is 5.56 Å². The molecule has 0 saturated carbocycles. The van der Waals surface area contributed by atoms with Crippen molar-refractivity contribution in [3.8, 4) is 11.5 Å². The monoisotopic (exact) mass is 464 g/mol. The van der Waals surface area contributed by atoms with Gasteiger partial charge < -0.3 is 14.2 Å². The Hall–Kier alpha value is -3.65. The van der Waals surface area contributed by atoms with E-state index in [-0.39, 0.29) is 12.2 Å². The Morgan fingerprint density at radius 2 is 1.85 bits per heavy atom. The van der Waals surface area contributed by atoms with Crippen LogP contribution in [-0.2, 0) is 9.53 Å². The molecule has 0 unspecified atom stereocenters. The maximum Gasteiger partial charge on any atom is 0.338 e. The van der Waals surface area contributed by atoms with Crippen molar-refractivity contribution in [2.45, 2.75) is 19.9 Å². The quantitative estimate of drug-likeness (QED) is 0.524. The molecule has 7 nitrogen and oxygen atoms in total. The molecule has 2 aromatic carbocycles. The Bertz CT molecular complexity index is 1400. The first-order valence-corrected chi connectivity index (χ1v) is 11.3. The first-order chi connectivity index (χ1) is 16.0. The third-order valence-corrected chi connectivity index (χ3v) is 6.35. The Balaban J connectivity index is 1.95. The molecule has 0 radical (unpaired) electrons. The van der Waals surface area contributed by atoms with Crippen molar-refractivity contribution in [1.29, 1.82) is 0 Å². The number of hydrogen-bond acceptors (Lipinski definition) is 7. The summed E-state index contributed by atoms with van der Waals surface area (Å²) in [5.41, 5.74) is 2.15. The van der Waals surface area contributed by atoms with Crippen LogP contribution in [0, 0.1) is 0 Å². The average molecular weight is 465 g/mol. The average Bonchev–Trinajstić information content (AvgIpc) is 3.13. The highest BCUT2D eigenvalue weighted by atomic mass is 32.1. The molecule has 0 N–H and O–H groups in total. The van der Waals surface area contributed by atoms with E-state index in [0.29, 0.717) is 31.9 Å². The topological polar surface area (TPSA) is 79.1 Å². The molecule has 0 aliphatic carbocycles. The number of rotatable bonds is 6. The van der Waals surface area contributed by atoms with E-state index in [1.807, 2.05) is 48.5 Å². The van der Waals surface area contributed by atoms with Crippen molar-refractivity contribution in [1.82, 2.24) is 4.57 Å². The number of methoxy groups -OCH3 is 2. The van der Waals surface area contributed by atoms with E-state index in [1.165, 1.54) is 11.3 Å². The first kappa shape index (κ1) is 22.5. The lowest BCUT2D eigenvalue weighted by Crippen LogP contribution is -2.40. The second-order valence-electron chi connectivity index (χ2n) is 7.32. The van der Waals surface area contributed by atoms with E-state index in [4.69, 9.17) is 14.2 Å². The van der Waals surface area contributed by atoms with Crippen molar-refractivity contribution < 1.29 is 19.0 Å². The van der Waals surface area contributed by atoms with Crippen LogP contribution in [0.15, 0.2) is 69.6 Å². The SMILES string of the molecule is CCOC(=O)C1=C(C)N=c2s/c(=C/c3ccc(OC)cc3)c(=O)n2[C@H]1c1ccccc1OC. The summed E-state index contributed by atoms with van der Waals surface area (Å²) in [6, 6.07) is 14.1. The number of aromatic nitrogens is 1. The molecule has 0 spiro atoms. The molecule has 3 aromatic rings. The van der Waals surface area contributed by atoms with E-state index in [1.54, 1.807) is 38.7 Å². The maximum atomic E-state index is 13.6. The number of hydrogen-bond donors (Lipinski definition) is 0. The molecule has 2 heterocycles. The van der Waals surface area contributed by atoms with Crippen molar-refractivity contribution in [2.24, 2.45) is 4.99 Å². The van der Waals surface area contributed by atoms with Crippen molar-refractivity contribution in [3.63, 3.8) is 0 Å². The fourth-order valence-electron chi connectivity index (χ4n) is 3.83. The highest BCUT2D eigenvalue weighted by molar-refractivity contribution is 7.07. The van der Waals surface area contributed by atoms with E-state index in [9.17, 15) is 9.59 Å². The van der Waals surface area contributed by atoms with Gasteiger partial charge in [-0.3, -0.25) is 9.36 Å². The highest BCUT2D eigenvalue weighted by Crippen LogP contribution is 2.35. The molecule has 0 fully saturated rings. The molecule has 0 bridgehead atoms. The lowest BCUT2D eigenvalue weighted by atomic mass is 9.95. The molecule has 33 heavy (non-hydrogen) atoms. The second-order valence-corrected chi connectivity index (χ2v) is 8.33. The minimum Gasteiger partial charge on any atom is -0.497 e. The van der Waals surface area contributed by atoms with Crippen LogP contribution in [0.1, 0.15) is 31.0 Å². The molecule has 1 aliphatic heterocycles. The summed E-state index contributed by atoms with van der Waals surface area (Å²) in [5, 5.41) is 0. The molecule has 1 aliphatic rings. The predicted octanol–water partition coefficient (Wildman–Crippen LogP) is 2.82. The van der Waals surface area contributed by atoms with Crippen molar-refractivity contribution in [3.05, 3.63) is 90.6 Å². The summed E-state index contributed by atoms with van der Waals surface area (Å²) in [7, 11) is 3.17. The lowest BCUT2D eigenvalue weighted by Gasteiger charge is -2.25. The third kappa shape index (κ3) is 4.21. The Morgan fingerprint density at radius 3 is 2.52 bits per heavy atom. The van der Waals surface area contributed by atoms with Gasteiger partial charge in [-0.1, -0.05) is 41.7 Å². The van der Waals surface area contributed by atoms with Gasteiger partial charge in [-0.15, -0.1) is 0 Å². The number of ether oxygens (including phenoxy) is 3. The summed E-state index contributed by atoms with van der Waals surface area (Å²) >= 11 is 1.28. The number of thiazole rings is 1. The van der Waals surface area contributed by atoms with Gasteiger partial charge in [0.15, 0.2) is 4.80 Å². The number of benzene rings is 2. The van der Waals surface area contributed by atoms with Gasteiger partial charge >= 0.3 is 5.97 Å². The largest absolute Gasteiger partial charge is 0.497 e. The minimum absolute atomic E-state index is 0.218. The van der Waals surface area contributed by atoms with E-state index in [2.05, 4.69) is 4.99 Å². The van der Waals surface area contributed by atoms with E-state index in [0.717, 1.165) is 11.3 Å². The minimum atomic E-state index is -0.713. The number of nitrogens with zero attached hydrogens (tertiary/aromatic N) is 2. The number of para-hydroxylation sites is 1. The first-order valence-electron chi connectivity index (χ1n) is 10.4. The zero-order valence-electron chi connectivity index (χ0n) is 18.8. The number of carbonyl (C=O) groups is 1. The number of fused-ring (bicyclic) bond motifs is 1. The summed E-state index contributed by atoms with van der Waals surface area (Å²) in [4.78, 5) is 31.7. The molecule has 0 amide bonds. The van der Waals surface area contributed by atoms with Crippen LogP contribution in [0.4, 0.5) is 0 Å². The fourth-order valence-corrected chi connectivity index (χ4v) is 4.88. The van der Waals surface area contributed by atoms with Crippen LogP contribution < -0.4 is 24.4 Å². The lowest BCUT2D eigenvalue weighted by molar-refractivity contribution is -0.139. The van der Waals surface area contributed by atoms with Crippen LogP contribution in [0.5, 0.6) is 11.5 Å². The van der Waals surface area contributed by atoms with E-state index < -0.39 is 12.0 Å². The zero-order valence-corrected chi connectivity index (χ0v) is 19.6. The maximum absolute atomic E-state index is 13.6. The van der Waals surface area contributed by atoms with Crippen LogP contribution in [0.3, 0.4) is 0 Å². The third-order valence-electron chi connectivity index (χ3n) is 5.36. The zero-order chi connectivity index (χ0) is 23.5. The van der Waals surface area contributed by atoms with Gasteiger partial charge in [-0.05, 0) is 43.7 Å². The number of allylic oxidation sites excluding steroid dienone is 1. The Kier molecular flexibility index (Phi) is 6.46. The number of esters is 1. The molecular weight excluding hydrogens is 440 g/mol. The number of carbonyl (C=O) groups excluding carboxylic acids is 1. The Morgan fingerprint density at radius 1 is 1.12 bits per heavy atom. The smallest absolute Gasteiger partial charge is 0.338 e. The van der Waals surface area contributed by atoms with Crippen LogP contribution in [-0.4, -0.2) is 31.4 Å². The van der Waals surface area contributed by atoms with Crippen molar-refractivity contribution >= 4 is 23.4 Å². The fraction of sp³-hybridized carbons (Fsp3) is 0.240. The molecule has 8 heteroatoms. The molecule has 1 aromatic heterocycles. The van der Waals surface area contributed by atoms with Gasteiger partial charge in [0.1, 0.15) is 17.5 Å².